The Hall–Kier alpha value is -3.67. The van der Waals surface area contributed by atoms with Crippen molar-refractivity contribution in [3.05, 3.63) is 100 Å². The molecule has 1 N–H and O–H groups in total. The summed E-state index contributed by atoms with van der Waals surface area (Å²) in [4.78, 5) is 22.9. The zero-order valence-corrected chi connectivity index (χ0v) is 14.5. The molecule has 0 spiro atoms. The number of hydrogen-bond donors (Lipinski definition) is 1. The highest BCUT2D eigenvalue weighted by Crippen LogP contribution is 2.22. The largest absolute Gasteiger partial charge is 0.493 e. The van der Waals surface area contributed by atoms with E-state index in [1.165, 1.54) is 23.8 Å². The fraction of sp³-hybridized carbons (Fsp3) is 0.0952. The molecule has 0 aliphatic rings. The molecule has 0 saturated carbocycles. The van der Waals surface area contributed by atoms with E-state index in [1.54, 1.807) is 30.3 Å². The Balaban J connectivity index is 1.64. The van der Waals surface area contributed by atoms with E-state index in [4.69, 9.17) is 4.74 Å². The predicted molar refractivity (Wildman–Crippen MR) is 103 cm³/mol. The van der Waals surface area contributed by atoms with Gasteiger partial charge in [0.15, 0.2) is 0 Å². The van der Waals surface area contributed by atoms with Gasteiger partial charge in [0.1, 0.15) is 11.3 Å². The predicted octanol–water partition coefficient (Wildman–Crippen LogP) is 4.47. The van der Waals surface area contributed by atoms with Crippen LogP contribution in [0.4, 0.5) is 11.4 Å². The Morgan fingerprint density at radius 1 is 0.963 bits per heavy atom. The van der Waals surface area contributed by atoms with Gasteiger partial charge in [-0.25, -0.2) is 0 Å². The minimum atomic E-state index is -0.571. The summed E-state index contributed by atoms with van der Waals surface area (Å²) in [5, 5.41) is 13.8. The maximum Gasteiger partial charge on any atom is 0.282 e. The van der Waals surface area contributed by atoms with Gasteiger partial charge in [-0.3, -0.25) is 14.9 Å². The minimum Gasteiger partial charge on any atom is -0.493 e. The smallest absolute Gasteiger partial charge is 0.282 e. The standard InChI is InChI=1S/C21H18N2O4/c24-21(19-11-4-5-12-20(19)23(25)26)22-17-9-6-10-18(15-17)27-14-13-16-7-2-1-3-8-16/h1-12,15H,13-14H2,(H,22,24). The molecule has 136 valence electrons. The Morgan fingerprint density at radius 3 is 2.48 bits per heavy atom. The number of rotatable bonds is 7. The molecule has 1 amide bonds. The lowest BCUT2D eigenvalue weighted by molar-refractivity contribution is -0.385. The van der Waals surface area contributed by atoms with E-state index in [0.717, 1.165) is 6.42 Å². The van der Waals surface area contributed by atoms with Gasteiger partial charge in [-0.1, -0.05) is 48.5 Å². The first kappa shape index (κ1) is 18.1. The fourth-order valence-corrected chi connectivity index (χ4v) is 2.62. The number of amides is 1. The monoisotopic (exact) mass is 362 g/mol. The van der Waals surface area contributed by atoms with Crippen LogP contribution < -0.4 is 10.1 Å². The quantitative estimate of drug-likeness (QED) is 0.497. The number of benzene rings is 3. The van der Waals surface area contributed by atoms with Crippen LogP contribution in [0.25, 0.3) is 0 Å². The first-order valence-electron chi connectivity index (χ1n) is 8.45. The first-order valence-corrected chi connectivity index (χ1v) is 8.45. The third-order valence-corrected chi connectivity index (χ3v) is 3.94. The van der Waals surface area contributed by atoms with Crippen LogP contribution in [0.2, 0.25) is 0 Å². The van der Waals surface area contributed by atoms with Crippen molar-refractivity contribution < 1.29 is 14.5 Å². The first-order chi connectivity index (χ1) is 13.1. The Bertz CT molecular complexity index is 942. The van der Waals surface area contributed by atoms with Crippen molar-refractivity contribution in [1.82, 2.24) is 0 Å². The second kappa shape index (κ2) is 8.62. The number of nitro groups is 1. The van der Waals surface area contributed by atoms with Gasteiger partial charge in [0.25, 0.3) is 11.6 Å². The van der Waals surface area contributed by atoms with E-state index in [1.807, 2.05) is 30.3 Å². The summed E-state index contributed by atoms with van der Waals surface area (Å²) in [7, 11) is 0. The average molecular weight is 362 g/mol. The number of para-hydroxylation sites is 1. The highest BCUT2D eigenvalue weighted by molar-refractivity contribution is 6.07. The number of nitro benzene ring substituents is 1. The van der Waals surface area contributed by atoms with Crippen molar-refractivity contribution in [2.75, 3.05) is 11.9 Å². The van der Waals surface area contributed by atoms with Crippen molar-refractivity contribution in [1.29, 1.82) is 0 Å². The molecule has 6 nitrogen and oxygen atoms in total. The Labute approximate surface area is 156 Å². The number of carbonyl (C=O) groups excluding carboxylic acids is 1. The molecule has 27 heavy (non-hydrogen) atoms. The minimum absolute atomic E-state index is 0.0119. The second-order valence-electron chi connectivity index (χ2n) is 5.84. The van der Waals surface area contributed by atoms with Crippen molar-refractivity contribution in [2.45, 2.75) is 6.42 Å². The van der Waals surface area contributed by atoms with Crippen molar-refractivity contribution >= 4 is 17.3 Å². The number of ether oxygens (including phenoxy) is 1. The highest BCUT2D eigenvalue weighted by Gasteiger charge is 2.19. The summed E-state index contributed by atoms with van der Waals surface area (Å²) >= 11 is 0. The van der Waals surface area contributed by atoms with E-state index < -0.39 is 10.8 Å². The zero-order valence-electron chi connectivity index (χ0n) is 14.5. The fourth-order valence-electron chi connectivity index (χ4n) is 2.62. The van der Waals surface area contributed by atoms with Crippen molar-refractivity contribution in [3.63, 3.8) is 0 Å². The second-order valence-corrected chi connectivity index (χ2v) is 5.84. The van der Waals surface area contributed by atoms with Gasteiger partial charge in [-0.15, -0.1) is 0 Å². The molecule has 6 heteroatoms. The highest BCUT2D eigenvalue weighted by atomic mass is 16.6. The van der Waals surface area contributed by atoms with Crippen molar-refractivity contribution in [2.24, 2.45) is 0 Å². The summed E-state index contributed by atoms with van der Waals surface area (Å²) in [5.41, 5.74) is 1.47. The Morgan fingerprint density at radius 2 is 1.70 bits per heavy atom. The van der Waals surface area contributed by atoms with Gasteiger partial charge >= 0.3 is 0 Å². The van der Waals surface area contributed by atoms with Gasteiger partial charge in [0.2, 0.25) is 0 Å². The molecular formula is C21H18N2O4. The van der Waals surface area contributed by atoms with Gasteiger partial charge < -0.3 is 10.1 Å². The van der Waals surface area contributed by atoms with Crippen LogP contribution >= 0.6 is 0 Å². The van der Waals surface area contributed by atoms with Gasteiger partial charge in [-0.2, -0.15) is 0 Å². The lowest BCUT2D eigenvalue weighted by Gasteiger charge is -2.09. The summed E-state index contributed by atoms with van der Waals surface area (Å²) in [6.45, 7) is 0.506. The molecule has 0 fully saturated rings. The normalized spacial score (nSPS) is 10.2. The zero-order chi connectivity index (χ0) is 19.1. The van der Waals surface area contributed by atoms with E-state index in [9.17, 15) is 14.9 Å². The molecule has 0 aliphatic heterocycles. The molecule has 0 saturated heterocycles. The number of nitrogens with zero attached hydrogens (tertiary/aromatic N) is 1. The molecule has 3 rings (SSSR count). The lowest BCUT2D eigenvalue weighted by atomic mass is 10.1. The molecule has 0 bridgehead atoms. The molecule has 3 aromatic carbocycles. The molecule has 0 aliphatic carbocycles. The number of carbonyl (C=O) groups is 1. The van der Waals surface area contributed by atoms with E-state index in [2.05, 4.69) is 5.32 Å². The lowest BCUT2D eigenvalue weighted by Crippen LogP contribution is -2.14. The molecule has 3 aromatic rings. The molecule has 0 aromatic heterocycles. The Kier molecular flexibility index (Phi) is 5.79. The molecule has 0 unspecified atom stereocenters. The average Bonchev–Trinajstić information content (AvgIpc) is 2.69. The van der Waals surface area contributed by atoms with Gasteiger partial charge in [0, 0.05) is 24.2 Å². The maximum atomic E-state index is 12.4. The molecule has 0 atom stereocenters. The van der Waals surface area contributed by atoms with Crippen LogP contribution in [0.5, 0.6) is 5.75 Å². The summed E-state index contributed by atoms with van der Waals surface area (Å²) in [5.74, 6) is 0.0787. The van der Waals surface area contributed by atoms with E-state index >= 15 is 0 Å². The van der Waals surface area contributed by atoms with Crippen LogP contribution in [0.15, 0.2) is 78.9 Å². The summed E-state index contributed by atoms with van der Waals surface area (Å²) < 4.78 is 5.74. The maximum absolute atomic E-state index is 12.4. The number of hydrogen-bond acceptors (Lipinski definition) is 4. The van der Waals surface area contributed by atoms with Gasteiger partial charge in [0.05, 0.1) is 11.5 Å². The van der Waals surface area contributed by atoms with E-state index in [-0.39, 0.29) is 11.3 Å². The molecule has 0 radical (unpaired) electrons. The van der Waals surface area contributed by atoms with E-state index in [0.29, 0.717) is 18.0 Å². The summed E-state index contributed by atoms with van der Waals surface area (Å²) in [6, 6.07) is 22.8. The van der Waals surface area contributed by atoms with Crippen LogP contribution in [-0.4, -0.2) is 17.4 Å². The van der Waals surface area contributed by atoms with Crippen LogP contribution in [0.1, 0.15) is 15.9 Å². The number of nitrogens with one attached hydrogen (secondary N) is 1. The third kappa shape index (κ3) is 4.92. The van der Waals surface area contributed by atoms with Crippen LogP contribution in [0, 0.1) is 10.1 Å². The SMILES string of the molecule is O=C(Nc1cccc(OCCc2ccccc2)c1)c1ccccc1[N+](=O)[O-]. The van der Waals surface area contributed by atoms with Crippen LogP contribution in [0.3, 0.4) is 0 Å². The number of anilines is 1. The third-order valence-electron chi connectivity index (χ3n) is 3.94. The van der Waals surface area contributed by atoms with Crippen LogP contribution in [-0.2, 0) is 6.42 Å². The van der Waals surface area contributed by atoms with Crippen molar-refractivity contribution in [3.8, 4) is 5.75 Å². The summed E-state index contributed by atoms with van der Waals surface area (Å²) in [6.07, 6.45) is 0.771. The van der Waals surface area contributed by atoms with Gasteiger partial charge in [-0.05, 0) is 23.8 Å². The topological polar surface area (TPSA) is 81.5 Å². The molecular weight excluding hydrogens is 344 g/mol. The molecule has 0 heterocycles.